The molecule has 7 nitrogen and oxygen atoms in total. The third-order valence-corrected chi connectivity index (χ3v) is 12.1. The maximum absolute atomic E-state index is 12.4. The molecule has 2 saturated heterocycles. The molecule has 0 bridgehead atoms. The summed E-state index contributed by atoms with van der Waals surface area (Å²) < 4.78 is 25.8. The fourth-order valence-electron chi connectivity index (χ4n) is 5.67. The van der Waals surface area contributed by atoms with E-state index in [2.05, 4.69) is 50.4 Å². The molecule has 2 aromatic carbocycles. The maximum Gasteiger partial charge on any atom is 0.261 e. The van der Waals surface area contributed by atoms with Crippen molar-refractivity contribution < 1.29 is 28.2 Å². The summed E-state index contributed by atoms with van der Waals surface area (Å²) in [5.74, 6) is -1.74. The lowest BCUT2D eigenvalue weighted by molar-refractivity contribution is -0.186. The van der Waals surface area contributed by atoms with Gasteiger partial charge in [-0.15, -0.1) is 0 Å². The predicted octanol–water partition coefficient (Wildman–Crippen LogP) is 2.43. The zero-order valence-electron chi connectivity index (χ0n) is 21.3. The second kappa shape index (κ2) is 9.04. The molecule has 3 aliphatic heterocycles. The van der Waals surface area contributed by atoms with Crippen LogP contribution in [0, 0.1) is 0 Å². The lowest BCUT2D eigenvalue weighted by Crippen LogP contribution is -2.67. The monoisotopic (exact) mass is 507 g/mol. The van der Waals surface area contributed by atoms with E-state index >= 15 is 0 Å². The van der Waals surface area contributed by atoms with Gasteiger partial charge in [0.05, 0.1) is 12.2 Å². The highest BCUT2D eigenvalue weighted by Gasteiger charge is 2.58. The molecule has 5 rings (SSSR count). The van der Waals surface area contributed by atoms with Crippen molar-refractivity contribution in [3.63, 3.8) is 0 Å². The van der Waals surface area contributed by atoms with E-state index in [1.165, 1.54) is 16.4 Å². The Morgan fingerprint density at radius 2 is 1.47 bits per heavy atom. The van der Waals surface area contributed by atoms with Gasteiger partial charge < -0.3 is 18.6 Å². The molecule has 0 aliphatic carbocycles. The van der Waals surface area contributed by atoms with Crippen LogP contribution in [0.3, 0.4) is 0 Å². The summed E-state index contributed by atoms with van der Waals surface area (Å²) in [6.45, 7) is 10.6. The van der Waals surface area contributed by atoms with Gasteiger partial charge in [0.25, 0.3) is 20.1 Å². The molecule has 3 aliphatic rings. The van der Waals surface area contributed by atoms with Crippen LogP contribution in [0.4, 0.5) is 0 Å². The number of carbonyl (C=O) groups excluding carboxylic acids is 2. The first-order valence-corrected chi connectivity index (χ1v) is 14.3. The number of rotatable bonds is 6. The first-order chi connectivity index (χ1) is 17.0. The van der Waals surface area contributed by atoms with Crippen LogP contribution in [-0.2, 0) is 28.2 Å². The van der Waals surface area contributed by atoms with Gasteiger partial charge >= 0.3 is 0 Å². The van der Waals surface area contributed by atoms with Gasteiger partial charge in [-0.2, -0.15) is 0 Å². The number of carbonyl (C=O) groups is 2. The van der Waals surface area contributed by atoms with E-state index in [0.29, 0.717) is 0 Å². The van der Waals surface area contributed by atoms with E-state index in [-0.39, 0.29) is 17.2 Å². The fraction of sp³-hybridized carbons (Fsp3) is 0.429. The van der Waals surface area contributed by atoms with Gasteiger partial charge in [-0.1, -0.05) is 81.4 Å². The highest BCUT2D eigenvalue weighted by atomic mass is 28.4. The van der Waals surface area contributed by atoms with Crippen molar-refractivity contribution in [2.24, 2.45) is 0 Å². The highest BCUT2D eigenvalue weighted by molar-refractivity contribution is 6.99. The van der Waals surface area contributed by atoms with Crippen molar-refractivity contribution >= 4 is 30.5 Å². The molecule has 1 N–H and O–H groups in total. The summed E-state index contributed by atoms with van der Waals surface area (Å²) in [5.41, 5.74) is 0.268. The topological polar surface area (TPSA) is 83.1 Å². The minimum Gasteiger partial charge on any atom is -0.405 e. The minimum absolute atomic E-state index is 0.195. The lowest BCUT2D eigenvalue weighted by atomic mass is 10.0. The Bertz CT molecular complexity index is 1130. The first kappa shape index (κ1) is 25.0. The van der Waals surface area contributed by atoms with Gasteiger partial charge in [0.1, 0.15) is 24.4 Å². The number of ether oxygens (including phenoxy) is 3. The molecule has 0 saturated carbocycles. The van der Waals surface area contributed by atoms with Gasteiger partial charge in [0.15, 0.2) is 5.79 Å². The molecule has 8 heteroatoms. The molecular weight excluding hydrogens is 474 g/mol. The van der Waals surface area contributed by atoms with Crippen LogP contribution >= 0.6 is 0 Å². The van der Waals surface area contributed by atoms with Crippen molar-refractivity contribution in [1.82, 2.24) is 5.32 Å². The lowest BCUT2D eigenvalue weighted by Gasteiger charge is -2.43. The zero-order valence-corrected chi connectivity index (χ0v) is 22.3. The number of hydrogen-bond donors (Lipinski definition) is 1. The Kier molecular flexibility index (Phi) is 6.29. The van der Waals surface area contributed by atoms with Gasteiger partial charge in [-0.25, -0.2) is 0 Å². The number of benzene rings is 2. The van der Waals surface area contributed by atoms with E-state index in [0.717, 1.165) is 0 Å². The summed E-state index contributed by atoms with van der Waals surface area (Å²) in [4.78, 5) is 24.3. The van der Waals surface area contributed by atoms with Crippen molar-refractivity contribution in [1.29, 1.82) is 0 Å². The third kappa shape index (κ3) is 4.27. The molecule has 0 spiro atoms. The van der Waals surface area contributed by atoms with Crippen LogP contribution in [0.1, 0.15) is 34.6 Å². The summed E-state index contributed by atoms with van der Waals surface area (Å²) in [6.07, 6.45) is -0.850. The zero-order chi connectivity index (χ0) is 25.7. The molecule has 3 heterocycles. The molecule has 0 aromatic heterocycles. The summed E-state index contributed by atoms with van der Waals surface area (Å²) in [7, 11) is -2.80. The number of imide groups is 1. The molecular formula is C28H33NO6Si. The molecule has 2 fully saturated rings. The van der Waals surface area contributed by atoms with E-state index in [1.54, 1.807) is 0 Å². The SMILES string of the molecule is CC1(C)O[C@@H]2[C@H](O1)[C@@H](CO[Si](c1ccccc1)(c1ccccc1)C(C)(C)C)O[C@@H]2C1=CC(=O)NC1=O. The predicted molar refractivity (Wildman–Crippen MR) is 137 cm³/mol. The second-order valence-electron chi connectivity index (χ2n) is 11.1. The Hall–Kier alpha value is -2.62. The molecule has 2 amide bonds. The third-order valence-electron chi connectivity index (χ3n) is 7.12. The van der Waals surface area contributed by atoms with Gasteiger partial charge in [0.2, 0.25) is 0 Å². The quantitative estimate of drug-likeness (QED) is 0.478. The Balaban J connectivity index is 1.50. The van der Waals surface area contributed by atoms with Crippen LogP contribution in [0.2, 0.25) is 5.04 Å². The smallest absolute Gasteiger partial charge is 0.261 e. The molecule has 0 unspecified atom stereocenters. The molecule has 4 atom stereocenters. The van der Waals surface area contributed by atoms with Crippen LogP contribution in [-0.4, -0.2) is 56.9 Å². The van der Waals surface area contributed by atoms with Crippen LogP contribution in [0.25, 0.3) is 0 Å². The summed E-state index contributed by atoms with van der Waals surface area (Å²) in [5, 5.41) is 4.45. The van der Waals surface area contributed by atoms with Crippen LogP contribution in [0.15, 0.2) is 72.3 Å². The number of hydrogen-bond acceptors (Lipinski definition) is 6. The number of nitrogens with one attached hydrogen (secondary N) is 1. The standard InChI is InChI=1S/C28H33NO6Si/c1-27(2,3)36(18-12-8-6-9-13-18,19-14-10-7-11-15-19)32-17-21-24-25(35-28(4,5)34-24)23(33-21)20-16-22(30)29-26(20)31/h6-16,21,23-25H,17H2,1-5H3,(H,29,30,31)/t21-,23-,24-,25+/m1/s1. The molecule has 0 radical (unpaired) electrons. The van der Waals surface area contributed by atoms with Crippen molar-refractivity contribution in [2.45, 2.75) is 69.9 Å². The summed E-state index contributed by atoms with van der Waals surface area (Å²) >= 11 is 0. The average Bonchev–Trinajstić information content (AvgIpc) is 3.44. The second-order valence-corrected chi connectivity index (χ2v) is 15.4. The van der Waals surface area contributed by atoms with Crippen LogP contribution < -0.4 is 15.7 Å². The van der Waals surface area contributed by atoms with Crippen LogP contribution in [0.5, 0.6) is 0 Å². The van der Waals surface area contributed by atoms with Gasteiger partial charge in [-0.05, 0) is 29.3 Å². The van der Waals surface area contributed by atoms with Crippen molar-refractivity contribution in [3.05, 3.63) is 72.3 Å². The average molecular weight is 508 g/mol. The Morgan fingerprint density at radius 3 is 1.97 bits per heavy atom. The summed E-state index contributed by atoms with van der Waals surface area (Å²) in [6, 6.07) is 20.8. The minimum atomic E-state index is -2.80. The Morgan fingerprint density at radius 1 is 0.917 bits per heavy atom. The van der Waals surface area contributed by atoms with E-state index in [9.17, 15) is 9.59 Å². The van der Waals surface area contributed by atoms with Gasteiger partial charge in [0, 0.05) is 6.08 Å². The molecule has 190 valence electrons. The number of fused-ring (bicyclic) bond motifs is 1. The maximum atomic E-state index is 12.4. The van der Waals surface area contributed by atoms with Crippen molar-refractivity contribution in [2.75, 3.05) is 6.61 Å². The van der Waals surface area contributed by atoms with E-state index < -0.39 is 50.3 Å². The number of amides is 2. The Labute approximate surface area is 212 Å². The molecule has 2 aromatic rings. The first-order valence-electron chi connectivity index (χ1n) is 12.3. The van der Waals surface area contributed by atoms with Crippen molar-refractivity contribution in [3.8, 4) is 0 Å². The normalized spacial score (nSPS) is 27.6. The largest absolute Gasteiger partial charge is 0.405 e. The van der Waals surface area contributed by atoms with E-state index in [1.807, 2.05) is 50.2 Å². The highest BCUT2D eigenvalue weighted by Crippen LogP contribution is 2.43. The van der Waals surface area contributed by atoms with Gasteiger partial charge in [-0.3, -0.25) is 14.9 Å². The van der Waals surface area contributed by atoms with E-state index in [4.69, 9.17) is 18.6 Å². The molecule has 36 heavy (non-hydrogen) atoms. The fourth-order valence-corrected chi connectivity index (χ4v) is 10.2.